The molecular weight excluding hydrogens is 440 g/mol. The fourth-order valence-corrected chi connectivity index (χ4v) is 8.05. The van der Waals surface area contributed by atoms with E-state index in [4.69, 9.17) is 0 Å². The first-order valence-electron chi connectivity index (χ1n) is 12.7. The van der Waals surface area contributed by atoms with Gasteiger partial charge in [0.25, 0.3) is 0 Å². The lowest BCUT2D eigenvalue weighted by Crippen LogP contribution is -2.56. The molecule has 1 heterocycles. The first-order chi connectivity index (χ1) is 16.4. The van der Waals surface area contributed by atoms with Crippen molar-refractivity contribution in [3.8, 4) is 0 Å². The maximum atomic E-state index is 14.0. The Morgan fingerprint density at radius 1 is 0.971 bits per heavy atom. The van der Waals surface area contributed by atoms with Crippen LogP contribution in [0.15, 0.2) is 55.1 Å². The van der Waals surface area contributed by atoms with Gasteiger partial charge >= 0.3 is 0 Å². The first kappa shape index (κ1) is 23.3. The summed E-state index contributed by atoms with van der Waals surface area (Å²) in [6.07, 6.45) is 8.73. The maximum absolute atomic E-state index is 14.0. The van der Waals surface area contributed by atoms with Gasteiger partial charge in [-0.2, -0.15) is 0 Å². The molecule has 0 unspecified atom stereocenters. The Morgan fingerprint density at radius 3 is 2.18 bits per heavy atom. The summed E-state index contributed by atoms with van der Waals surface area (Å²) in [5, 5.41) is 0. The van der Waals surface area contributed by atoms with Crippen LogP contribution in [0.3, 0.4) is 0 Å². The number of nitrogens with zero attached hydrogens (tertiary/aromatic N) is 2. The normalized spacial score (nSPS) is 26.9. The zero-order chi connectivity index (χ0) is 23.7. The van der Waals surface area contributed by atoms with Crippen LogP contribution in [0.25, 0.3) is 0 Å². The van der Waals surface area contributed by atoms with Gasteiger partial charge in [-0.05, 0) is 80.9 Å². The molecule has 0 aliphatic heterocycles. The minimum atomic E-state index is -0.243. The van der Waals surface area contributed by atoms with E-state index in [2.05, 4.69) is 37.8 Å². The summed E-state index contributed by atoms with van der Waals surface area (Å²) in [5.41, 5.74) is 0.861. The van der Waals surface area contributed by atoms with E-state index in [1.165, 1.54) is 29.0 Å². The summed E-state index contributed by atoms with van der Waals surface area (Å²) in [6.45, 7) is 7.67. The Hall–Kier alpha value is -2.40. The monoisotopic (exact) mass is 476 g/mol. The molecule has 4 saturated carbocycles. The standard InChI is InChI=1S/C29H36N2O2S/c1-3-11-30(28(33)29-15-23-12-24(16-29)14-25(13-23)17-29)20-27(32)31(18-22-7-5-4-6-8-22)19-26-10-9-21(2)34-26/h3-10,23-25H,1,11-20H2,2H3. The summed E-state index contributed by atoms with van der Waals surface area (Å²) in [5.74, 6) is 2.32. The number of benzene rings is 1. The van der Waals surface area contributed by atoms with Crippen LogP contribution in [0.1, 0.15) is 53.8 Å². The SMILES string of the molecule is C=CCN(CC(=O)N(Cc1ccccc1)Cc1ccc(C)s1)C(=O)C12CC3CC(CC(C3)C1)C2. The van der Waals surface area contributed by atoms with Crippen molar-refractivity contribution in [1.82, 2.24) is 9.80 Å². The van der Waals surface area contributed by atoms with Crippen LogP contribution in [0, 0.1) is 30.1 Å². The molecule has 4 fully saturated rings. The van der Waals surface area contributed by atoms with Gasteiger partial charge in [0, 0.05) is 22.8 Å². The van der Waals surface area contributed by atoms with Crippen molar-refractivity contribution in [2.24, 2.45) is 23.2 Å². The molecule has 180 valence electrons. The highest BCUT2D eigenvalue weighted by Crippen LogP contribution is 2.60. The average Bonchev–Trinajstić information content (AvgIpc) is 3.22. The Morgan fingerprint density at radius 2 is 1.62 bits per heavy atom. The number of carbonyl (C=O) groups excluding carboxylic acids is 2. The van der Waals surface area contributed by atoms with Crippen LogP contribution < -0.4 is 0 Å². The third-order valence-corrected chi connectivity index (χ3v) is 9.15. The molecule has 0 saturated heterocycles. The Kier molecular flexibility index (Phi) is 6.65. The molecule has 4 bridgehead atoms. The van der Waals surface area contributed by atoms with Crippen LogP contribution in [-0.4, -0.2) is 34.7 Å². The van der Waals surface area contributed by atoms with E-state index in [-0.39, 0.29) is 23.8 Å². The molecule has 2 aromatic rings. The van der Waals surface area contributed by atoms with Gasteiger partial charge in [-0.3, -0.25) is 9.59 Å². The Balaban J connectivity index is 1.34. The second kappa shape index (κ2) is 9.69. The Bertz CT molecular complexity index is 1010. The van der Waals surface area contributed by atoms with E-state index in [1.54, 1.807) is 22.3 Å². The lowest BCUT2D eigenvalue weighted by atomic mass is 9.49. The van der Waals surface area contributed by atoms with Crippen LogP contribution in [0.2, 0.25) is 0 Å². The molecule has 5 heteroatoms. The fourth-order valence-electron chi connectivity index (χ4n) is 7.14. The highest BCUT2D eigenvalue weighted by Gasteiger charge is 2.55. The molecule has 0 spiro atoms. The summed E-state index contributed by atoms with van der Waals surface area (Å²) >= 11 is 1.73. The summed E-state index contributed by atoms with van der Waals surface area (Å²) < 4.78 is 0. The molecule has 0 radical (unpaired) electrons. The number of thiophene rings is 1. The molecule has 1 aromatic heterocycles. The molecule has 2 amide bonds. The van der Waals surface area contributed by atoms with Crippen molar-refractivity contribution < 1.29 is 9.59 Å². The van der Waals surface area contributed by atoms with Gasteiger partial charge in [0.15, 0.2) is 0 Å². The van der Waals surface area contributed by atoms with E-state index in [9.17, 15) is 9.59 Å². The van der Waals surface area contributed by atoms with E-state index in [0.29, 0.717) is 37.4 Å². The van der Waals surface area contributed by atoms with Gasteiger partial charge in [0.05, 0.1) is 12.0 Å². The van der Waals surface area contributed by atoms with Crippen molar-refractivity contribution in [3.05, 3.63) is 70.4 Å². The minimum Gasteiger partial charge on any atom is -0.332 e. The van der Waals surface area contributed by atoms with Crippen LogP contribution >= 0.6 is 11.3 Å². The lowest BCUT2D eigenvalue weighted by molar-refractivity contribution is -0.159. The number of amides is 2. The molecular formula is C29H36N2O2S. The highest BCUT2D eigenvalue weighted by molar-refractivity contribution is 7.11. The summed E-state index contributed by atoms with van der Waals surface area (Å²) in [6, 6.07) is 14.3. The molecule has 4 nitrogen and oxygen atoms in total. The molecule has 1 aromatic carbocycles. The van der Waals surface area contributed by atoms with E-state index in [0.717, 1.165) is 24.8 Å². The third kappa shape index (κ3) is 4.86. The van der Waals surface area contributed by atoms with Crippen LogP contribution in [0.4, 0.5) is 0 Å². The lowest BCUT2D eigenvalue weighted by Gasteiger charge is -2.56. The second-order valence-electron chi connectivity index (χ2n) is 10.9. The van der Waals surface area contributed by atoms with E-state index < -0.39 is 0 Å². The Labute approximate surface area is 207 Å². The van der Waals surface area contributed by atoms with Crippen molar-refractivity contribution in [3.63, 3.8) is 0 Å². The topological polar surface area (TPSA) is 40.6 Å². The third-order valence-electron chi connectivity index (χ3n) is 8.17. The fraction of sp³-hybridized carbons (Fsp3) is 0.517. The van der Waals surface area contributed by atoms with Crippen LogP contribution in [0.5, 0.6) is 0 Å². The van der Waals surface area contributed by atoms with Gasteiger partial charge in [-0.25, -0.2) is 0 Å². The largest absolute Gasteiger partial charge is 0.332 e. The van der Waals surface area contributed by atoms with Crippen molar-refractivity contribution in [2.45, 2.75) is 58.5 Å². The van der Waals surface area contributed by atoms with E-state index in [1.807, 2.05) is 23.1 Å². The predicted octanol–water partition coefficient (Wildman–Crippen LogP) is 5.82. The molecule has 4 aliphatic carbocycles. The molecule has 4 aliphatic rings. The quantitative estimate of drug-likeness (QED) is 0.428. The van der Waals surface area contributed by atoms with Gasteiger partial charge in [0.2, 0.25) is 11.8 Å². The number of carbonyl (C=O) groups is 2. The van der Waals surface area contributed by atoms with Gasteiger partial charge in [-0.1, -0.05) is 36.4 Å². The number of hydrogen-bond donors (Lipinski definition) is 0. The first-order valence-corrected chi connectivity index (χ1v) is 13.5. The summed E-state index contributed by atoms with van der Waals surface area (Å²) in [7, 11) is 0. The smallest absolute Gasteiger partial charge is 0.242 e. The van der Waals surface area contributed by atoms with Crippen molar-refractivity contribution in [2.75, 3.05) is 13.1 Å². The van der Waals surface area contributed by atoms with E-state index >= 15 is 0 Å². The highest BCUT2D eigenvalue weighted by atomic mass is 32.1. The molecule has 6 rings (SSSR count). The van der Waals surface area contributed by atoms with Gasteiger partial charge < -0.3 is 9.80 Å². The molecule has 34 heavy (non-hydrogen) atoms. The predicted molar refractivity (Wildman–Crippen MR) is 137 cm³/mol. The summed E-state index contributed by atoms with van der Waals surface area (Å²) in [4.78, 5) is 33.8. The zero-order valence-corrected chi connectivity index (χ0v) is 21.1. The zero-order valence-electron chi connectivity index (χ0n) is 20.2. The second-order valence-corrected chi connectivity index (χ2v) is 12.3. The number of aryl methyl sites for hydroxylation is 1. The minimum absolute atomic E-state index is 0.00911. The number of hydrogen-bond acceptors (Lipinski definition) is 3. The van der Waals surface area contributed by atoms with Crippen LogP contribution in [-0.2, 0) is 22.7 Å². The van der Waals surface area contributed by atoms with Crippen molar-refractivity contribution >= 4 is 23.2 Å². The molecule has 0 N–H and O–H groups in total. The maximum Gasteiger partial charge on any atom is 0.242 e. The average molecular weight is 477 g/mol. The number of rotatable bonds is 9. The van der Waals surface area contributed by atoms with Gasteiger partial charge in [0.1, 0.15) is 6.54 Å². The molecule has 0 atom stereocenters. The van der Waals surface area contributed by atoms with Gasteiger partial charge in [-0.15, -0.1) is 17.9 Å². The van der Waals surface area contributed by atoms with Crippen molar-refractivity contribution in [1.29, 1.82) is 0 Å².